The number of rotatable bonds is 13. The fourth-order valence-corrected chi connectivity index (χ4v) is 8.20. The first-order valence-corrected chi connectivity index (χ1v) is 19.5. The summed E-state index contributed by atoms with van der Waals surface area (Å²) >= 11 is 0. The van der Waals surface area contributed by atoms with E-state index in [1.54, 1.807) is 18.0 Å². The Morgan fingerprint density at radius 1 is 0.727 bits per heavy atom. The van der Waals surface area contributed by atoms with Gasteiger partial charge in [0.2, 0.25) is 11.8 Å². The van der Waals surface area contributed by atoms with Gasteiger partial charge in [-0.2, -0.15) is 0 Å². The standard InChI is InChI=1S/C43H50N8O4/c1-4-33(48-43(54)55)41(52)50-24-10-14-36(50)39-44-26-34(46-39)30-20-16-28(17-21-30)29-18-22-31(23-19-29)35-27-45-40(47-35)37-15-11-25-51(37)42(53)38(49(5-2)6-3)32-12-8-7-9-13-32/h7-9,12-13,16-23,26-27,33,36-38,48H,4-6,10-11,14-15,24-25H2,1-3H3,(H,44,46)(H,45,47)(H,54,55)/t33-,36+,37+,38-/m1/s1. The lowest BCUT2D eigenvalue weighted by Crippen LogP contribution is -2.47. The van der Waals surface area contributed by atoms with Crippen molar-refractivity contribution >= 4 is 17.9 Å². The molecule has 0 radical (unpaired) electrons. The SMILES string of the molecule is CC[C@@H](NC(=O)O)C(=O)N1CCC[C@H]1c1ncc(-c2ccc(-c3ccc(-c4cnc([C@@H]5CCCN5C(=O)[C@@H](c5ccccc5)N(CC)CC)[nH]4)cc3)cc2)[nH]1. The van der Waals surface area contributed by atoms with Gasteiger partial charge in [0, 0.05) is 13.1 Å². The lowest BCUT2D eigenvalue weighted by atomic mass is 10.0. The number of nitrogens with zero attached hydrogens (tertiary/aromatic N) is 5. The number of hydrogen-bond acceptors (Lipinski definition) is 6. The van der Waals surface area contributed by atoms with Crippen LogP contribution in [-0.4, -0.2) is 89.9 Å². The van der Waals surface area contributed by atoms with Gasteiger partial charge in [0.1, 0.15) is 23.7 Å². The topological polar surface area (TPSA) is 151 Å². The lowest BCUT2D eigenvalue weighted by Gasteiger charge is -2.34. The Labute approximate surface area is 322 Å². The number of aromatic amines is 2. The monoisotopic (exact) mass is 742 g/mol. The molecule has 0 spiro atoms. The van der Waals surface area contributed by atoms with Crippen LogP contribution in [0.3, 0.4) is 0 Å². The van der Waals surface area contributed by atoms with Crippen LogP contribution in [0.5, 0.6) is 0 Å². The molecule has 2 aromatic heterocycles. The Morgan fingerprint density at radius 3 is 1.65 bits per heavy atom. The van der Waals surface area contributed by atoms with Gasteiger partial charge >= 0.3 is 6.09 Å². The number of imidazole rings is 2. The number of H-pyrrole nitrogens is 2. The van der Waals surface area contributed by atoms with Crippen molar-refractivity contribution in [3.05, 3.63) is 108 Å². The molecule has 12 heteroatoms. The van der Waals surface area contributed by atoms with E-state index in [0.29, 0.717) is 25.3 Å². The molecule has 286 valence electrons. The number of carbonyl (C=O) groups is 3. The Hall–Kier alpha value is -5.75. The molecule has 4 heterocycles. The van der Waals surface area contributed by atoms with Gasteiger partial charge in [0.25, 0.3) is 0 Å². The van der Waals surface area contributed by atoms with Gasteiger partial charge in [-0.3, -0.25) is 14.5 Å². The maximum absolute atomic E-state index is 14.2. The van der Waals surface area contributed by atoms with E-state index >= 15 is 0 Å². The summed E-state index contributed by atoms with van der Waals surface area (Å²) in [5, 5.41) is 11.5. The predicted molar refractivity (Wildman–Crippen MR) is 212 cm³/mol. The Balaban J connectivity index is 1.02. The van der Waals surface area contributed by atoms with Crippen LogP contribution in [0, 0.1) is 0 Å². The molecular weight excluding hydrogens is 693 g/mol. The van der Waals surface area contributed by atoms with Crippen LogP contribution < -0.4 is 5.32 Å². The second kappa shape index (κ2) is 16.7. The van der Waals surface area contributed by atoms with Gasteiger partial charge < -0.3 is 30.2 Å². The van der Waals surface area contributed by atoms with E-state index in [0.717, 1.165) is 83.8 Å². The third kappa shape index (κ3) is 7.91. The van der Waals surface area contributed by atoms with E-state index < -0.39 is 12.1 Å². The summed E-state index contributed by atoms with van der Waals surface area (Å²) in [5.41, 5.74) is 6.95. The second-order valence-electron chi connectivity index (χ2n) is 14.3. The van der Waals surface area contributed by atoms with Crippen LogP contribution in [0.2, 0.25) is 0 Å². The van der Waals surface area contributed by atoms with Crippen molar-refractivity contribution in [2.75, 3.05) is 26.2 Å². The highest BCUT2D eigenvalue weighted by molar-refractivity contribution is 5.86. The summed E-state index contributed by atoms with van der Waals surface area (Å²) in [6, 6.07) is 25.3. The third-order valence-electron chi connectivity index (χ3n) is 11.1. The van der Waals surface area contributed by atoms with Crippen molar-refractivity contribution in [2.45, 2.75) is 77.0 Å². The van der Waals surface area contributed by atoms with Gasteiger partial charge in [-0.15, -0.1) is 0 Å². The summed E-state index contributed by atoms with van der Waals surface area (Å²) in [6.45, 7) is 8.87. The molecule has 2 aliphatic heterocycles. The smallest absolute Gasteiger partial charge is 0.405 e. The average Bonchev–Trinajstić information content (AvgIpc) is 4.06. The number of nitrogens with one attached hydrogen (secondary N) is 3. The molecule has 5 aromatic rings. The minimum Gasteiger partial charge on any atom is -0.465 e. The largest absolute Gasteiger partial charge is 0.465 e. The quantitative estimate of drug-likeness (QED) is 0.0971. The van der Waals surface area contributed by atoms with Crippen LogP contribution in [0.4, 0.5) is 4.79 Å². The van der Waals surface area contributed by atoms with Crippen molar-refractivity contribution in [1.29, 1.82) is 0 Å². The van der Waals surface area contributed by atoms with E-state index in [-0.39, 0.29) is 29.9 Å². The van der Waals surface area contributed by atoms with Gasteiger partial charge in [-0.05, 0) is 73.0 Å². The molecule has 3 aromatic carbocycles. The zero-order valence-electron chi connectivity index (χ0n) is 31.7. The van der Waals surface area contributed by atoms with E-state index in [4.69, 9.17) is 4.98 Å². The van der Waals surface area contributed by atoms with Crippen molar-refractivity contribution in [3.8, 4) is 33.6 Å². The molecule has 0 aliphatic carbocycles. The summed E-state index contributed by atoms with van der Waals surface area (Å²) in [6.07, 6.45) is 6.25. The molecule has 4 atom stereocenters. The number of likely N-dealkylation sites (tertiary alicyclic amines) is 2. The van der Waals surface area contributed by atoms with E-state index in [1.807, 2.05) is 29.3 Å². The van der Waals surface area contributed by atoms with Crippen LogP contribution in [-0.2, 0) is 9.59 Å². The van der Waals surface area contributed by atoms with Crippen LogP contribution in [0.25, 0.3) is 33.6 Å². The summed E-state index contributed by atoms with van der Waals surface area (Å²) in [4.78, 5) is 61.0. The Kier molecular flexibility index (Phi) is 11.4. The normalized spacial score (nSPS) is 18.1. The highest BCUT2D eigenvalue weighted by atomic mass is 16.4. The Bertz CT molecular complexity index is 2070. The fraction of sp³-hybridized carbons (Fsp3) is 0.372. The van der Waals surface area contributed by atoms with Gasteiger partial charge in [-0.1, -0.05) is 99.6 Å². The molecule has 3 amide bonds. The molecule has 0 saturated carbocycles. The molecule has 2 aliphatic rings. The second-order valence-corrected chi connectivity index (χ2v) is 14.3. The first kappa shape index (κ1) is 37.6. The van der Waals surface area contributed by atoms with Crippen molar-refractivity contribution < 1.29 is 19.5 Å². The third-order valence-corrected chi connectivity index (χ3v) is 11.1. The van der Waals surface area contributed by atoms with E-state index in [9.17, 15) is 19.5 Å². The molecule has 55 heavy (non-hydrogen) atoms. The number of carboxylic acid groups (broad SMARTS) is 1. The first-order chi connectivity index (χ1) is 26.8. The molecule has 4 N–H and O–H groups in total. The maximum atomic E-state index is 14.2. The van der Waals surface area contributed by atoms with Crippen LogP contribution in [0.15, 0.2) is 91.3 Å². The predicted octanol–water partition coefficient (Wildman–Crippen LogP) is 7.59. The number of benzene rings is 3. The van der Waals surface area contributed by atoms with Gasteiger partial charge in [0.15, 0.2) is 0 Å². The molecule has 7 rings (SSSR count). The van der Waals surface area contributed by atoms with Gasteiger partial charge in [-0.25, -0.2) is 14.8 Å². The molecule has 0 unspecified atom stereocenters. The number of hydrogen-bond donors (Lipinski definition) is 4. The van der Waals surface area contributed by atoms with E-state index in [1.165, 1.54) is 0 Å². The number of amides is 3. The van der Waals surface area contributed by atoms with Crippen molar-refractivity contribution in [1.82, 2.24) is 40.0 Å². The zero-order chi connectivity index (χ0) is 38.5. The average molecular weight is 743 g/mol. The Morgan fingerprint density at radius 2 is 1.20 bits per heavy atom. The lowest BCUT2D eigenvalue weighted by molar-refractivity contribution is -0.138. The summed E-state index contributed by atoms with van der Waals surface area (Å²) in [7, 11) is 0. The number of likely N-dealkylation sites (N-methyl/N-ethyl adjacent to an activating group) is 1. The van der Waals surface area contributed by atoms with Crippen LogP contribution >= 0.6 is 0 Å². The van der Waals surface area contributed by atoms with Crippen molar-refractivity contribution in [2.24, 2.45) is 0 Å². The minimum absolute atomic E-state index is 0.0964. The first-order valence-electron chi connectivity index (χ1n) is 19.5. The number of aromatic nitrogens is 4. The molecule has 2 saturated heterocycles. The fourth-order valence-electron chi connectivity index (χ4n) is 8.20. The molecule has 2 fully saturated rings. The highest BCUT2D eigenvalue weighted by Gasteiger charge is 2.38. The van der Waals surface area contributed by atoms with Crippen LogP contribution in [0.1, 0.15) is 88.2 Å². The highest BCUT2D eigenvalue weighted by Crippen LogP contribution is 2.36. The minimum atomic E-state index is -1.20. The maximum Gasteiger partial charge on any atom is 0.405 e. The summed E-state index contributed by atoms with van der Waals surface area (Å²) in [5.74, 6) is 1.44. The summed E-state index contributed by atoms with van der Waals surface area (Å²) < 4.78 is 0. The zero-order valence-corrected chi connectivity index (χ0v) is 31.7. The number of carbonyl (C=O) groups excluding carboxylic acids is 2. The van der Waals surface area contributed by atoms with Gasteiger partial charge in [0.05, 0.1) is 35.9 Å². The van der Waals surface area contributed by atoms with Crippen molar-refractivity contribution in [3.63, 3.8) is 0 Å². The molecule has 0 bridgehead atoms. The van der Waals surface area contributed by atoms with E-state index in [2.05, 4.69) is 99.7 Å². The molecule has 12 nitrogen and oxygen atoms in total. The molecular formula is C43H50N8O4.